The van der Waals surface area contributed by atoms with Crippen molar-refractivity contribution < 1.29 is 9.59 Å². The van der Waals surface area contributed by atoms with Gasteiger partial charge in [-0.05, 0) is 30.7 Å². The zero-order valence-corrected chi connectivity index (χ0v) is 12.6. The Morgan fingerprint density at radius 1 is 1.09 bits per heavy atom. The number of nitrogens with zero attached hydrogens (tertiary/aromatic N) is 1. The topological polar surface area (TPSA) is 70.6 Å². The first-order valence-corrected chi connectivity index (χ1v) is 6.89. The van der Waals surface area contributed by atoms with Crippen LogP contribution in [0.4, 0.5) is 5.69 Å². The fourth-order valence-electron chi connectivity index (χ4n) is 1.70. The second kappa shape index (κ2) is 7.38. The van der Waals surface area contributed by atoms with E-state index in [-0.39, 0.29) is 0 Å². The molecule has 2 rings (SSSR count). The molecule has 0 aliphatic carbocycles. The molecule has 0 radical (unpaired) electrons. The molecule has 2 aromatic carbocycles. The van der Waals surface area contributed by atoms with E-state index in [2.05, 4.69) is 15.8 Å². The largest absolute Gasteiger partial charge is 0.329 e. The van der Waals surface area contributed by atoms with Crippen molar-refractivity contribution in [3.05, 3.63) is 64.7 Å². The van der Waals surface area contributed by atoms with Crippen molar-refractivity contribution in [1.29, 1.82) is 0 Å². The molecule has 0 spiro atoms. The molecule has 0 saturated heterocycles. The van der Waals surface area contributed by atoms with Gasteiger partial charge in [0.1, 0.15) is 0 Å². The summed E-state index contributed by atoms with van der Waals surface area (Å²) in [4.78, 5) is 23.3. The first-order chi connectivity index (χ1) is 10.6. The van der Waals surface area contributed by atoms with Gasteiger partial charge in [-0.25, -0.2) is 5.43 Å². The van der Waals surface area contributed by atoms with E-state index in [0.29, 0.717) is 16.3 Å². The maximum atomic E-state index is 11.7. The fourth-order valence-corrected chi connectivity index (χ4v) is 1.89. The smallest absolute Gasteiger partial charge is 0.318 e. The number of rotatable bonds is 3. The Balaban J connectivity index is 1.92. The van der Waals surface area contributed by atoms with Crippen molar-refractivity contribution >= 4 is 35.3 Å². The third-order valence-electron chi connectivity index (χ3n) is 2.76. The van der Waals surface area contributed by atoms with Crippen LogP contribution in [0.15, 0.2) is 53.6 Å². The molecular formula is C16H14ClN3O2. The van der Waals surface area contributed by atoms with Crippen LogP contribution >= 0.6 is 11.6 Å². The van der Waals surface area contributed by atoms with Crippen LogP contribution in [0.5, 0.6) is 0 Å². The third kappa shape index (κ3) is 4.43. The minimum absolute atomic E-state index is 0.504. The third-order valence-corrected chi connectivity index (χ3v) is 3.10. The molecule has 6 heteroatoms. The molecule has 2 aromatic rings. The highest BCUT2D eigenvalue weighted by molar-refractivity contribution is 6.39. The monoisotopic (exact) mass is 315 g/mol. The first kappa shape index (κ1) is 15.7. The van der Waals surface area contributed by atoms with Crippen LogP contribution in [0.2, 0.25) is 5.02 Å². The molecule has 0 fully saturated rings. The second-order valence-corrected chi connectivity index (χ2v) is 4.95. The van der Waals surface area contributed by atoms with E-state index in [1.54, 1.807) is 42.5 Å². The molecule has 5 nitrogen and oxygen atoms in total. The number of nitrogens with one attached hydrogen (secondary N) is 2. The molecule has 2 N–H and O–H groups in total. The SMILES string of the molecule is Cc1cccc(NC(=O)C(=O)N/N=C/c2ccccc2Cl)c1. The van der Waals surface area contributed by atoms with Crippen LogP contribution in [-0.2, 0) is 9.59 Å². The number of halogens is 1. The molecule has 0 heterocycles. The zero-order valence-electron chi connectivity index (χ0n) is 11.8. The van der Waals surface area contributed by atoms with Crippen LogP contribution in [0, 0.1) is 6.92 Å². The molecule has 0 unspecified atom stereocenters. The molecule has 0 saturated carbocycles. The number of benzene rings is 2. The van der Waals surface area contributed by atoms with E-state index < -0.39 is 11.8 Å². The molecule has 2 amide bonds. The maximum Gasteiger partial charge on any atom is 0.329 e. The molecule has 0 aliphatic rings. The average molecular weight is 316 g/mol. The number of aryl methyl sites for hydroxylation is 1. The van der Waals surface area contributed by atoms with Gasteiger partial charge in [0.2, 0.25) is 0 Å². The zero-order chi connectivity index (χ0) is 15.9. The fraction of sp³-hybridized carbons (Fsp3) is 0.0625. The number of hydrazone groups is 1. The Bertz CT molecular complexity index is 729. The number of carbonyl (C=O) groups excluding carboxylic acids is 2. The van der Waals surface area contributed by atoms with E-state index in [4.69, 9.17) is 11.6 Å². The van der Waals surface area contributed by atoms with Crippen molar-refractivity contribution in [2.75, 3.05) is 5.32 Å². The Kier molecular flexibility index (Phi) is 5.27. The van der Waals surface area contributed by atoms with Crippen LogP contribution in [0.25, 0.3) is 0 Å². The molecule has 0 bridgehead atoms. The van der Waals surface area contributed by atoms with Gasteiger partial charge in [0.25, 0.3) is 0 Å². The Morgan fingerprint density at radius 2 is 1.86 bits per heavy atom. The van der Waals surface area contributed by atoms with Gasteiger partial charge >= 0.3 is 11.8 Å². The van der Waals surface area contributed by atoms with Gasteiger partial charge in [0, 0.05) is 16.3 Å². The van der Waals surface area contributed by atoms with Crippen molar-refractivity contribution in [3.8, 4) is 0 Å². The molecular weight excluding hydrogens is 302 g/mol. The quantitative estimate of drug-likeness (QED) is 0.519. The first-order valence-electron chi connectivity index (χ1n) is 6.52. The number of anilines is 1. The summed E-state index contributed by atoms with van der Waals surface area (Å²) < 4.78 is 0. The summed E-state index contributed by atoms with van der Waals surface area (Å²) in [5.74, 6) is -1.65. The van der Waals surface area contributed by atoms with Gasteiger partial charge in [-0.3, -0.25) is 9.59 Å². The summed E-state index contributed by atoms with van der Waals surface area (Å²) in [7, 11) is 0. The van der Waals surface area contributed by atoms with E-state index in [1.165, 1.54) is 6.21 Å². The average Bonchev–Trinajstić information content (AvgIpc) is 2.49. The maximum absolute atomic E-state index is 11.7. The van der Waals surface area contributed by atoms with Crippen molar-refractivity contribution in [3.63, 3.8) is 0 Å². The van der Waals surface area contributed by atoms with Crippen LogP contribution in [-0.4, -0.2) is 18.0 Å². The van der Waals surface area contributed by atoms with Crippen molar-refractivity contribution in [2.24, 2.45) is 5.10 Å². The van der Waals surface area contributed by atoms with Gasteiger partial charge < -0.3 is 5.32 Å². The predicted molar refractivity (Wildman–Crippen MR) is 87.0 cm³/mol. The summed E-state index contributed by atoms with van der Waals surface area (Å²) in [6, 6.07) is 14.2. The van der Waals surface area contributed by atoms with E-state index in [0.717, 1.165) is 5.56 Å². The summed E-state index contributed by atoms with van der Waals surface area (Å²) in [6.45, 7) is 1.89. The van der Waals surface area contributed by atoms with Gasteiger partial charge in [0.15, 0.2) is 0 Å². The molecule has 22 heavy (non-hydrogen) atoms. The summed E-state index contributed by atoms with van der Waals surface area (Å²) >= 11 is 5.94. The molecule has 0 aliphatic heterocycles. The number of hydrogen-bond donors (Lipinski definition) is 2. The minimum atomic E-state index is -0.857. The highest BCUT2D eigenvalue weighted by Gasteiger charge is 2.12. The second-order valence-electron chi connectivity index (χ2n) is 4.54. The standard InChI is InChI=1S/C16H14ClN3O2/c1-11-5-4-7-13(9-11)19-15(21)16(22)20-18-10-12-6-2-3-8-14(12)17/h2-10H,1H3,(H,19,21)(H,20,22)/b18-10+. The molecule has 0 atom stereocenters. The van der Waals surface area contributed by atoms with Gasteiger partial charge in [-0.1, -0.05) is 41.9 Å². The lowest BCUT2D eigenvalue weighted by atomic mass is 10.2. The van der Waals surface area contributed by atoms with Crippen LogP contribution < -0.4 is 10.7 Å². The van der Waals surface area contributed by atoms with Crippen LogP contribution in [0.3, 0.4) is 0 Å². The van der Waals surface area contributed by atoms with Gasteiger partial charge in [-0.2, -0.15) is 5.10 Å². The minimum Gasteiger partial charge on any atom is -0.318 e. The summed E-state index contributed by atoms with van der Waals surface area (Å²) in [5, 5.41) is 6.71. The lowest BCUT2D eigenvalue weighted by molar-refractivity contribution is -0.136. The Morgan fingerprint density at radius 3 is 2.59 bits per heavy atom. The molecule has 112 valence electrons. The van der Waals surface area contributed by atoms with Crippen LogP contribution in [0.1, 0.15) is 11.1 Å². The normalized spacial score (nSPS) is 10.5. The lowest BCUT2D eigenvalue weighted by Gasteiger charge is -2.04. The summed E-state index contributed by atoms with van der Waals surface area (Å²) in [5.41, 5.74) is 4.33. The van der Waals surface area contributed by atoms with E-state index in [9.17, 15) is 9.59 Å². The Hall–Kier alpha value is -2.66. The van der Waals surface area contributed by atoms with Crippen molar-refractivity contribution in [2.45, 2.75) is 6.92 Å². The van der Waals surface area contributed by atoms with E-state index >= 15 is 0 Å². The lowest BCUT2D eigenvalue weighted by Crippen LogP contribution is -2.32. The van der Waals surface area contributed by atoms with Gasteiger partial charge in [0.05, 0.1) is 6.21 Å². The van der Waals surface area contributed by atoms with E-state index in [1.807, 2.05) is 13.0 Å². The number of amides is 2. The highest BCUT2D eigenvalue weighted by Crippen LogP contribution is 2.12. The summed E-state index contributed by atoms with van der Waals surface area (Å²) in [6.07, 6.45) is 1.38. The van der Waals surface area contributed by atoms with Gasteiger partial charge in [-0.15, -0.1) is 0 Å². The number of carbonyl (C=O) groups is 2. The number of hydrogen-bond acceptors (Lipinski definition) is 3. The van der Waals surface area contributed by atoms with Crippen molar-refractivity contribution in [1.82, 2.24) is 5.43 Å². The Labute approximate surface area is 133 Å². The molecule has 0 aromatic heterocycles. The predicted octanol–water partition coefficient (Wildman–Crippen LogP) is 2.74. The highest BCUT2D eigenvalue weighted by atomic mass is 35.5.